The van der Waals surface area contributed by atoms with E-state index in [-0.39, 0.29) is 47.3 Å². The number of nitrogens with zero attached hydrogens (tertiary/aromatic N) is 10. The van der Waals surface area contributed by atoms with Gasteiger partial charge in [-0.15, -0.1) is 0 Å². The Morgan fingerprint density at radius 2 is 1.76 bits per heavy atom. The molecule has 0 bridgehead atoms. The SMILES string of the molecule is CN1C(=O)CCC(n2c(=O)n(C)c3c(CCCOC4CCN(CC5CCC(n6cc(NC(=O)c7cnn8ccc(N9CCOCC9)nc78)c(C(F)F)n6)CC5)CC4)cccc32)C1=O. The van der Waals surface area contributed by atoms with Crippen LogP contribution in [0.25, 0.3) is 16.7 Å². The number of benzene rings is 1. The van der Waals surface area contributed by atoms with E-state index in [4.69, 9.17) is 9.47 Å². The lowest BCUT2D eigenvalue weighted by Crippen LogP contribution is -2.45. The minimum Gasteiger partial charge on any atom is -0.378 e. The molecule has 0 spiro atoms. The third-order valence-electron chi connectivity index (χ3n) is 13.5. The minimum atomic E-state index is -2.86. The number of hydrogen-bond donors (Lipinski definition) is 1. The van der Waals surface area contributed by atoms with Gasteiger partial charge in [0.1, 0.15) is 17.4 Å². The summed E-state index contributed by atoms with van der Waals surface area (Å²) in [5, 5.41) is 11.2. The van der Waals surface area contributed by atoms with E-state index in [9.17, 15) is 28.0 Å². The molecule has 4 fully saturated rings. The number of imidazole rings is 1. The van der Waals surface area contributed by atoms with E-state index in [0.29, 0.717) is 62.2 Å². The average Bonchev–Trinajstić information content (AvgIpc) is 4.00. The molecule has 1 unspecified atom stereocenters. The highest BCUT2D eigenvalue weighted by atomic mass is 19.3. The Labute approximate surface area is 362 Å². The van der Waals surface area contributed by atoms with E-state index in [2.05, 4.69) is 30.3 Å². The molecule has 3 amide bonds. The molecule has 4 aromatic heterocycles. The van der Waals surface area contributed by atoms with Gasteiger partial charge in [0, 0.05) is 72.2 Å². The van der Waals surface area contributed by atoms with Crippen molar-refractivity contribution in [2.24, 2.45) is 13.0 Å². The van der Waals surface area contributed by atoms with Gasteiger partial charge in [-0.2, -0.15) is 10.2 Å². The first-order valence-electron chi connectivity index (χ1n) is 22.2. The van der Waals surface area contributed by atoms with Crippen molar-refractivity contribution in [2.75, 3.05) is 69.8 Å². The highest BCUT2D eigenvalue weighted by Crippen LogP contribution is 2.36. The summed E-state index contributed by atoms with van der Waals surface area (Å²) < 4.78 is 46.6. The first-order chi connectivity index (χ1) is 30.5. The molecule has 7 heterocycles. The van der Waals surface area contributed by atoms with Crippen molar-refractivity contribution < 1.29 is 32.6 Å². The number of alkyl halides is 2. The average molecular weight is 872 g/mol. The van der Waals surface area contributed by atoms with Gasteiger partial charge in [0.2, 0.25) is 5.91 Å². The summed E-state index contributed by atoms with van der Waals surface area (Å²) >= 11 is 0. The summed E-state index contributed by atoms with van der Waals surface area (Å²) in [5.74, 6) is 0.0421. The van der Waals surface area contributed by atoms with Crippen LogP contribution in [-0.4, -0.2) is 127 Å². The number of halogens is 2. The van der Waals surface area contributed by atoms with Gasteiger partial charge >= 0.3 is 5.69 Å². The van der Waals surface area contributed by atoms with Gasteiger partial charge < -0.3 is 24.6 Å². The number of anilines is 2. The Bertz CT molecular complexity index is 2530. The van der Waals surface area contributed by atoms with Crippen molar-refractivity contribution >= 4 is 45.9 Å². The van der Waals surface area contributed by atoms with Crippen molar-refractivity contribution in [1.82, 2.24) is 43.3 Å². The summed E-state index contributed by atoms with van der Waals surface area (Å²) in [5.41, 5.74) is 2.35. The van der Waals surface area contributed by atoms with E-state index >= 15 is 0 Å². The Morgan fingerprint density at radius 1 is 0.984 bits per heavy atom. The number of morpholine rings is 1. The number of hydrogen-bond acceptors (Lipinski definition) is 11. The lowest BCUT2D eigenvalue weighted by molar-refractivity contribution is -0.149. The maximum Gasteiger partial charge on any atom is 0.329 e. The summed E-state index contributed by atoms with van der Waals surface area (Å²) in [6.07, 6.45) is 9.50. The number of likely N-dealkylation sites (tertiary alicyclic amines) is 2. The van der Waals surface area contributed by atoms with Crippen LogP contribution in [0.2, 0.25) is 0 Å². The highest BCUT2D eigenvalue weighted by molar-refractivity contribution is 6.08. The molecule has 1 N–H and O–H groups in total. The maximum absolute atomic E-state index is 14.3. The van der Waals surface area contributed by atoms with Gasteiger partial charge in [-0.25, -0.2) is 23.1 Å². The molecule has 5 aromatic rings. The van der Waals surface area contributed by atoms with Crippen molar-refractivity contribution in [3.05, 3.63) is 70.2 Å². The summed E-state index contributed by atoms with van der Waals surface area (Å²) in [4.78, 5) is 62.3. The predicted molar refractivity (Wildman–Crippen MR) is 229 cm³/mol. The lowest BCUT2D eigenvalue weighted by atomic mass is 9.85. The molecule has 3 aliphatic heterocycles. The smallest absolute Gasteiger partial charge is 0.329 e. The summed E-state index contributed by atoms with van der Waals surface area (Å²) in [6, 6.07) is 6.90. The van der Waals surface area contributed by atoms with E-state index in [0.717, 1.165) is 87.0 Å². The molecule has 63 heavy (non-hydrogen) atoms. The Balaban J connectivity index is 0.730. The summed E-state index contributed by atoms with van der Waals surface area (Å²) in [6.45, 7) is 6.03. The minimum absolute atomic E-state index is 0.00710. The Kier molecular flexibility index (Phi) is 12.4. The van der Waals surface area contributed by atoms with Gasteiger partial charge in [-0.1, -0.05) is 12.1 Å². The fraction of sp³-hybridized carbons (Fsp3) is 0.568. The largest absolute Gasteiger partial charge is 0.378 e. The third-order valence-corrected chi connectivity index (χ3v) is 13.5. The fourth-order valence-electron chi connectivity index (χ4n) is 9.92. The number of imide groups is 1. The molecule has 3 saturated heterocycles. The number of ether oxygens (including phenoxy) is 2. The fourth-order valence-corrected chi connectivity index (χ4v) is 9.92. The molecule has 17 nitrogen and oxygen atoms in total. The van der Waals surface area contributed by atoms with Crippen LogP contribution in [-0.2, 0) is 32.5 Å². The second-order valence-corrected chi connectivity index (χ2v) is 17.4. The first-order valence-corrected chi connectivity index (χ1v) is 22.2. The van der Waals surface area contributed by atoms with E-state index in [1.165, 1.54) is 24.0 Å². The number of aryl methyl sites for hydroxylation is 2. The van der Waals surface area contributed by atoms with E-state index in [1.54, 1.807) is 27.1 Å². The topological polar surface area (TPSA) is 166 Å². The first kappa shape index (κ1) is 42.8. The number of amides is 3. The van der Waals surface area contributed by atoms with Crippen molar-refractivity contribution in [3.63, 3.8) is 0 Å². The number of carbonyl (C=O) groups excluding carboxylic acids is 3. The molecule has 0 radical (unpaired) electrons. The van der Waals surface area contributed by atoms with Crippen molar-refractivity contribution in [2.45, 2.75) is 88.8 Å². The van der Waals surface area contributed by atoms with Gasteiger partial charge in [0.05, 0.1) is 48.3 Å². The van der Waals surface area contributed by atoms with Gasteiger partial charge in [-0.05, 0) is 81.4 Å². The van der Waals surface area contributed by atoms with Crippen molar-refractivity contribution in [3.8, 4) is 0 Å². The quantitative estimate of drug-likeness (QED) is 0.128. The van der Waals surface area contributed by atoms with Crippen LogP contribution in [0.4, 0.5) is 20.3 Å². The summed E-state index contributed by atoms with van der Waals surface area (Å²) in [7, 11) is 3.21. The van der Waals surface area contributed by atoms with Gasteiger partial charge in [0.25, 0.3) is 18.2 Å². The highest BCUT2D eigenvalue weighted by Gasteiger charge is 2.36. The zero-order chi connectivity index (χ0) is 43.8. The van der Waals surface area contributed by atoms with Crippen LogP contribution in [0.1, 0.15) is 97.9 Å². The molecule has 1 atom stereocenters. The number of fused-ring (bicyclic) bond motifs is 2. The van der Waals surface area contributed by atoms with Crippen LogP contribution in [0.3, 0.4) is 0 Å². The van der Waals surface area contributed by atoms with Crippen LogP contribution in [0.5, 0.6) is 0 Å². The van der Waals surface area contributed by atoms with Crippen LogP contribution >= 0.6 is 0 Å². The Hall–Kier alpha value is -5.53. The number of piperidine rings is 2. The molecule has 1 aliphatic carbocycles. The molecule has 19 heteroatoms. The molecule has 4 aliphatic rings. The molecule has 336 valence electrons. The predicted octanol–water partition coefficient (Wildman–Crippen LogP) is 4.77. The molecular formula is C44H55F2N11O6. The van der Waals surface area contributed by atoms with E-state index in [1.807, 2.05) is 24.3 Å². The van der Waals surface area contributed by atoms with Crippen LogP contribution in [0.15, 0.2) is 47.7 Å². The number of rotatable bonds is 13. The standard InChI is InChI=1S/C44H55F2N11O6/c1-51-37(58)13-12-35(43(51)60)57-34-7-3-5-29(39(34)52(2)44(57)61)6-4-22-63-31-14-17-53(18-15-31)26-28-8-10-30(11-9-28)56-27-33(38(50-56)40(45)46)48-42(59)32-25-47-55-19-16-36(49-41(32)55)54-20-23-62-24-21-54/h3,5,7,16,19,25,27-28,30-31,35,40H,4,6,8-15,17-18,20-24,26H2,1-2H3,(H,48,59). The van der Waals surface area contributed by atoms with Gasteiger partial charge in [0.15, 0.2) is 11.3 Å². The van der Waals surface area contributed by atoms with E-state index < -0.39 is 24.1 Å². The number of para-hydroxylation sites is 1. The van der Waals surface area contributed by atoms with Gasteiger partial charge in [-0.3, -0.25) is 33.1 Å². The monoisotopic (exact) mass is 871 g/mol. The number of carbonyl (C=O) groups is 3. The molecule has 1 saturated carbocycles. The second kappa shape index (κ2) is 18.3. The lowest BCUT2D eigenvalue weighted by Gasteiger charge is -2.36. The Morgan fingerprint density at radius 3 is 2.52 bits per heavy atom. The molecule has 9 rings (SSSR count). The molecule has 1 aromatic carbocycles. The third kappa shape index (κ3) is 8.74. The van der Waals surface area contributed by atoms with Crippen LogP contribution in [0, 0.1) is 5.92 Å². The number of nitrogens with one attached hydrogen (secondary N) is 1. The normalized spacial score (nSPS) is 22.0. The second-order valence-electron chi connectivity index (χ2n) is 17.4. The number of likely N-dealkylation sites (N-methyl/N-ethyl adjacent to an activating group) is 1. The van der Waals surface area contributed by atoms with Crippen molar-refractivity contribution in [1.29, 1.82) is 0 Å². The zero-order valence-corrected chi connectivity index (χ0v) is 35.8. The number of aromatic nitrogens is 7. The maximum atomic E-state index is 14.3. The van der Waals surface area contributed by atoms with Crippen LogP contribution < -0.4 is 15.9 Å². The zero-order valence-electron chi connectivity index (χ0n) is 35.8. The molecular weight excluding hydrogens is 817 g/mol.